The molecular formula is C26H22N2O7. The van der Waals surface area contributed by atoms with Crippen molar-refractivity contribution in [1.82, 2.24) is 4.57 Å². The van der Waals surface area contributed by atoms with Crippen LogP contribution in [0.3, 0.4) is 0 Å². The molecule has 178 valence electrons. The van der Waals surface area contributed by atoms with Gasteiger partial charge in [-0.15, -0.1) is 0 Å². The van der Waals surface area contributed by atoms with Crippen molar-refractivity contribution >= 4 is 23.7 Å². The van der Waals surface area contributed by atoms with Gasteiger partial charge in [-0.1, -0.05) is 0 Å². The molecule has 0 bridgehead atoms. The Morgan fingerprint density at radius 2 is 1.40 bits per heavy atom. The van der Waals surface area contributed by atoms with Gasteiger partial charge in [0.15, 0.2) is 6.61 Å². The van der Waals surface area contributed by atoms with E-state index in [0.29, 0.717) is 28.2 Å². The van der Waals surface area contributed by atoms with Crippen molar-refractivity contribution in [1.29, 1.82) is 5.26 Å². The van der Waals surface area contributed by atoms with Crippen LogP contribution in [0.15, 0.2) is 48.5 Å². The molecule has 0 saturated carbocycles. The summed E-state index contributed by atoms with van der Waals surface area (Å²) in [6, 6.07) is 13.9. The third kappa shape index (κ3) is 5.28. The number of nitriles is 1. The summed E-state index contributed by atoms with van der Waals surface area (Å²) in [5, 5.41) is 8.85. The fraction of sp³-hybridized carbons (Fsp3) is 0.192. The van der Waals surface area contributed by atoms with E-state index in [1.54, 1.807) is 24.5 Å². The maximum absolute atomic E-state index is 12.9. The van der Waals surface area contributed by atoms with Crippen molar-refractivity contribution in [3.05, 3.63) is 87.7 Å². The fourth-order valence-corrected chi connectivity index (χ4v) is 3.63. The van der Waals surface area contributed by atoms with Crippen LogP contribution in [0, 0.1) is 25.2 Å². The minimum absolute atomic E-state index is 0.141. The molecule has 0 saturated heterocycles. The topological polar surface area (TPSA) is 125 Å². The highest BCUT2D eigenvalue weighted by Crippen LogP contribution is 2.24. The lowest BCUT2D eigenvalue weighted by molar-refractivity contribution is 0.0474. The lowest BCUT2D eigenvalue weighted by atomic mass is 10.1. The van der Waals surface area contributed by atoms with E-state index in [0.717, 1.165) is 0 Å². The first-order chi connectivity index (χ1) is 16.7. The minimum Gasteiger partial charge on any atom is -0.465 e. The number of hydrogen-bond acceptors (Lipinski definition) is 8. The van der Waals surface area contributed by atoms with Gasteiger partial charge in [0.1, 0.15) is 0 Å². The van der Waals surface area contributed by atoms with Gasteiger partial charge in [-0.3, -0.25) is 4.79 Å². The molecule has 0 aliphatic carbocycles. The smallest absolute Gasteiger partial charge is 0.338 e. The molecule has 0 fully saturated rings. The molecular weight excluding hydrogens is 452 g/mol. The van der Waals surface area contributed by atoms with Crippen LogP contribution >= 0.6 is 0 Å². The molecule has 1 aromatic heterocycles. The van der Waals surface area contributed by atoms with E-state index >= 15 is 0 Å². The lowest BCUT2D eigenvalue weighted by Crippen LogP contribution is -2.15. The molecule has 0 atom stereocenters. The van der Waals surface area contributed by atoms with Crippen LogP contribution in [0.2, 0.25) is 0 Å². The van der Waals surface area contributed by atoms with Gasteiger partial charge in [0, 0.05) is 22.6 Å². The maximum atomic E-state index is 12.9. The quantitative estimate of drug-likeness (QED) is 0.289. The number of nitrogens with zero attached hydrogens (tertiary/aromatic N) is 2. The number of Topliss-reactive ketones (excluding diaryl/α,β-unsaturated/α-hetero) is 1. The van der Waals surface area contributed by atoms with Gasteiger partial charge in [-0.25, -0.2) is 14.4 Å². The third-order valence-electron chi connectivity index (χ3n) is 5.33. The summed E-state index contributed by atoms with van der Waals surface area (Å²) in [6.07, 6.45) is 0. The zero-order valence-electron chi connectivity index (χ0n) is 19.6. The number of benzene rings is 2. The second kappa shape index (κ2) is 10.5. The SMILES string of the molecule is COC(=O)c1cc(C(=O)OC)cc(-n2c(C)cc(C(=O)COC(=O)c3ccc(C#N)cc3)c2C)c1. The molecule has 0 unspecified atom stereocenters. The van der Waals surface area contributed by atoms with Crippen LogP contribution in [-0.2, 0) is 14.2 Å². The highest BCUT2D eigenvalue weighted by atomic mass is 16.5. The number of ketones is 1. The molecule has 9 nitrogen and oxygen atoms in total. The Kier molecular flexibility index (Phi) is 7.46. The Labute approximate surface area is 201 Å². The summed E-state index contributed by atoms with van der Waals surface area (Å²) in [6.45, 7) is 2.97. The largest absolute Gasteiger partial charge is 0.465 e. The van der Waals surface area contributed by atoms with Crippen LogP contribution in [0.25, 0.3) is 5.69 Å². The Bertz CT molecular complexity index is 1330. The van der Waals surface area contributed by atoms with Gasteiger partial charge in [-0.2, -0.15) is 5.26 Å². The number of carbonyl (C=O) groups excluding carboxylic acids is 4. The number of hydrogen-bond donors (Lipinski definition) is 0. The summed E-state index contributed by atoms with van der Waals surface area (Å²) in [5.74, 6) is -2.38. The predicted octanol–water partition coefficient (Wildman–Crippen LogP) is 3.58. The zero-order chi connectivity index (χ0) is 25.7. The number of rotatable bonds is 7. The number of aromatic nitrogens is 1. The first-order valence-electron chi connectivity index (χ1n) is 10.4. The van der Waals surface area contributed by atoms with Crippen molar-refractivity contribution in [3.8, 4) is 11.8 Å². The second-order valence-corrected chi connectivity index (χ2v) is 7.56. The van der Waals surface area contributed by atoms with Crippen molar-refractivity contribution in [2.45, 2.75) is 13.8 Å². The number of methoxy groups -OCH3 is 2. The Balaban J connectivity index is 1.89. The van der Waals surface area contributed by atoms with Crippen molar-refractivity contribution in [2.24, 2.45) is 0 Å². The number of esters is 3. The molecule has 0 aliphatic heterocycles. The monoisotopic (exact) mass is 474 g/mol. The van der Waals surface area contributed by atoms with E-state index in [4.69, 9.17) is 19.5 Å². The van der Waals surface area contributed by atoms with Crippen molar-refractivity contribution < 1.29 is 33.4 Å². The van der Waals surface area contributed by atoms with E-state index in [1.165, 1.54) is 56.7 Å². The van der Waals surface area contributed by atoms with E-state index in [2.05, 4.69) is 0 Å². The summed E-state index contributed by atoms with van der Waals surface area (Å²) in [5.41, 5.74) is 2.86. The van der Waals surface area contributed by atoms with E-state index in [1.807, 2.05) is 6.07 Å². The highest BCUT2D eigenvalue weighted by molar-refractivity contribution is 6.01. The van der Waals surface area contributed by atoms with Crippen LogP contribution in [0.4, 0.5) is 0 Å². The van der Waals surface area contributed by atoms with E-state index < -0.39 is 30.3 Å². The zero-order valence-corrected chi connectivity index (χ0v) is 19.6. The fourth-order valence-electron chi connectivity index (χ4n) is 3.63. The van der Waals surface area contributed by atoms with Crippen LogP contribution < -0.4 is 0 Å². The molecule has 3 aromatic rings. The van der Waals surface area contributed by atoms with Gasteiger partial charge < -0.3 is 18.8 Å². The molecule has 2 aromatic carbocycles. The van der Waals surface area contributed by atoms with E-state index in [9.17, 15) is 19.2 Å². The highest BCUT2D eigenvalue weighted by Gasteiger charge is 2.21. The van der Waals surface area contributed by atoms with Crippen LogP contribution in [0.5, 0.6) is 0 Å². The number of ether oxygens (including phenoxy) is 3. The molecule has 0 amide bonds. The number of aryl methyl sites for hydroxylation is 1. The first-order valence-corrected chi connectivity index (χ1v) is 10.4. The normalized spacial score (nSPS) is 10.3. The molecule has 0 N–H and O–H groups in total. The van der Waals surface area contributed by atoms with Crippen LogP contribution in [0.1, 0.15) is 58.4 Å². The second-order valence-electron chi connectivity index (χ2n) is 7.56. The van der Waals surface area contributed by atoms with Crippen molar-refractivity contribution in [3.63, 3.8) is 0 Å². The van der Waals surface area contributed by atoms with Gasteiger partial charge in [0.05, 0.1) is 42.5 Å². The van der Waals surface area contributed by atoms with Crippen molar-refractivity contribution in [2.75, 3.05) is 20.8 Å². The average molecular weight is 474 g/mol. The summed E-state index contributed by atoms with van der Waals surface area (Å²) >= 11 is 0. The molecule has 9 heteroatoms. The molecule has 1 heterocycles. The molecule has 0 radical (unpaired) electrons. The van der Waals surface area contributed by atoms with Gasteiger partial charge in [0.2, 0.25) is 5.78 Å². The maximum Gasteiger partial charge on any atom is 0.338 e. The van der Waals surface area contributed by atoms with Gasteiger partial charge in [-0.05, 0) is 62.4 Å². The predicted molar refractivity (Wildman–Crippen MR) is 124 cm³/mol. The van der Waals surface area contributed by atoms with Gasteiger partial charge >= 0.3 is 17.9 Å². The Hall–Kier alpha value is -4.71. The van der Waals surface area contributed by atoms with E-state index in [-0.39, 0.29) is 16.7 Å². The van der Waals surface area contributed by atoms with Gasteiger partial charge in [0.25, 0.3) is 0 Å². The van der Waals surface area contributed by atoms with Crippen LogP contribution in [-0.4, -0.2) is 49.1 Å². The lowest BCUT2D eigenvalue weighted by Gasteiger charge is -2.13. The summed E-state index contributed by atoms with van der Waals surface area (Å²) in [4.78, 5) is 49.4. The molecule has 0 aliphatic rings. The summed E-state index contributed by atoms with van der Waals surface area (Å²) in [7, 11) is 2.46. The first kappa shape index (κ1) is 24.9. The molecule has 3 rings (SSSR count). The summed E-state index contributed by atoms with van der Waals surface area (Å²) < 4.78 is 16.4. The average Bonchev–Trinajstić information content (AvgIpc) is 3.19. The standard InChI is InChI=1S/C26H22N2O7/c1-15-9-22(23(29)14-35-26(32)18-7-5-17(13-27)6-8-18)16(2)28(15)21-11-19(24(30)33-3)10-20(12-21)25(31)34-4/h5-12H,14H2,1-4H3. The minimum atomic E-state index is -0.690. The molecule has 0 spiro atoms. The third-order valence-corrected chi connectivity index (χ3v) is 5.33. The Morgan fingerprint density at radius 3 is 1.91 bits per heavy atom. The molecule has 35 heavy (non-hydrogen) atoms. The Morgan fingerprint density at radius 1 is 0.829 bits per heavy atom. The number of carbonyl (C=O) groups is 4.